The van der Waals surface area contributed by atoms with E-state index in [1.807, 2.05) is 0 Å². The molecule has 2 amide bonds. The molecular formula is C11H18N2O4. The van der Waals surface area contributed by atoms with Crippen LogP contribution < -0.4 is 10.6 Å². The molecule has 0 bridgehead atoms. The Balaban J connectivity index is 5.02. The Hall–Kier alpha value is -1.85. The van der Waals surface area contributed by atoms with Gasteiger partial charge in [0.1, 0.15) is 0 Å². The van der Waals surface area contributed by atoms with E-state index in [2.05, 4.69) is 10.6 Å². The maximum Gasteiger partial charge on any atom is 0.331 e. The topological polar surface area (TPSA) is 95.5 Å². The molecule has 0 fully saturated rings. The van der Waals surface area contributed by atoms with Crippen LogP contribution in [0.4, 0.5) is 0 Å². The van der Waals surface area contributed by atoms with Crippen LogP contribution in [-0.4, -0.2) is 37.0 Å². The monoisotopic (exact) mass is 242 g/mol. The molecule has 0 aromatic heterocycles. The number of aliphatic carboxylic acids is 1. The summed E-state index contributed by atoms with van der Waals surface area (Å²) < 4.78 is 0. The van der Waals surface area contributed by atoms with Gasteiger partial charge in [-0.25, -0.2) is 4.79 Å². The Kier molecular flexibility index (Phi) is 5.37. The molecule has 0 spiro atoms. The summed E-state index contributed by atoms with van der Waals surface area (Å²) in [4.78, 5) is 33.6. The maximum absolute atomic E-state index is 11.5. The Morgan fingerprint density at radius 3 is 2.06 bits per heavy atom. The molecule has 0 atom stereocenters. The zero-order valence-electron chi connectivity index (χ0n) is 10.5. The lowest BCUT2D eigenvalue weighted by atomic mass is 9.84. The molecule has 0 rings (SSSR count). The average molecular weight is 242 g/mol. The molecule has 0 aromatic rings. The van der Waals surface area contributed by atoms with Crippen molar-refractivity contribution in [1.29, 1.82) is 0 Å². The van der Waals surface area contributed by atoms with Crippen LogP contribution in [-0.2, 0) is 14.4 Å². The first-order chi connectivity index (χ1) is 7.74. The second-order valence-corrected chi connectivity index (χ2v) is 4.23. The third kappa shape index (κ3) is 4.67. The van der Waals surface area contributed by atoms with Crippen molar-refractivity contribution in [3.8, 4) is 0 Å². The van der Waals surface area contributed by atoms with Crippen molar-refractivity contribution in [2.24, 2.45) is 5.41 Å². The molecule has 0 unspecified atom stereocenters. The lowest BCUT2D eigenvalue weighted by Crippen LogP contribution is -2.35. The van der Waals surface area contributed by atoms with Crippen molar-refractivity contribution in [3.63, 3.8) is 0 Å². The minimum absolute atomic E-state index is 0.0184. The molecular weight excluding hydrogens is 224 g/mol. The van der Waals surface area contributed by atoms with Crippen molar-refractivity contribution in [1.82, 2.24) is 10.6 Å². The second-order valence-electron chi connectivity index (χ2n) is 4.23. The van der Waals surface area contributed by atoms with Crippen molar-refractivity contribution < 1.29 is 19.5 Å². The van der Waals surface area contributed by atoms with Gasteiger partial charge in [-0.3, -0.25) is 9.59 Å². The summed E-state index contributed by atoms with van der Waals surface area (Å²) in [7, 11) is 2.88. The van der Waals surface area contributed by atoms with Gasteiger partial charge in [0.05, 0.1) is 0 Å². The van der Waals surface area contributed by atoms with Crippen LogP contribution in [0.3, 0.4) is 0 Å². The minimum atomic E-state index is -1.20. The lowest BCUT2D eigenvalue weighted by Gasteiger charge is -2.22. The van der Waals surface area contributed by atoms with E-state index in [1.54, 1.807) is 13.8 Å². The van der Waals surface area contributed by atoms with E-state index in [-0.39, 0.29) is 17.9 Å². The third-order valence-corrected chi connectivity index (χ3v) is 2.30. The van der Waals surface area contributed by atoms with E-state index in [0.29, 0.717) is 0 Å². The Morgan fingerprint density at radius 1 is 1.18 bits per heavy atom. The summed E-state index contributed by atoms with van der Waals surface area (Å²) in [6, 6.07) is 0. The molecule has 6 heteroatoms. The fourth-order valence-electron chi connectivity index (χ4n) is 1.31. The number of hydrogen-bond acceptors (Lipinski definition) is 3. The zero-order valence-corrected chi connectivity index (χ0v) is 10.5. The van der Waals surface area contributed by atoms with Gasteiger partial charge in [0.15, 0.2) is 0 Å². The number of carboxylic acids is 1. The number of carbonyl (C=O) groups excluding carboxylic acids is 2. The summed E-state index contributed by atoms with van der Waals surface area (Å²) in [6.45, 7) is 3.24. The molecule has 0 saturated carbocycles. The SMILES string of the molecule is CNC(=O)/C=C(/CC(C)(C)C(=O)NC)C(=O)O. The van der Waals surface area contributed by atoms with E-state index in [1.165, 1.54) is 14.1 Å². The number of amides is 2. The molecule has 17 heavy (non-hydrogen) atoms. The fraction of sp³-hybridized carbons (Fsp3) is 0.545. The van der Waals surface area contributed by atoms with Gasteiger partial charge in [-0.15, -0.1) is 0 Å². The number of carbonyl (C=O) groups is 3. The predicted octanol–water partition coefficient (Wildman–Crippen LogP) is -0.0943. The van der Waals surface area contributed by atoms with Crippen molar-refractivity contribution in [3.05, 3.63) is 11.6 Å². The van der Waals surface area contributed by atoms with Crippen molar-refractivity contribution in [2.75, 3.05) is 14.1 Å². The summed E-state index contributed by atoms with van der Waals surface area (Å²) >= 11 is 0. The van der Waals surface area contributed by atoms with Crippen LogP contribution in [0.5, 0.6) is 0 Å². The number of carboxylic acid groups (broad SMARTS) is 1. The quantitative estimate of drug-likeness (QED) is 0.587. The van der Waals surface area contributed by atoms with Gasteiger partial charge in [-0.2, -0.15) is 0 Å². The highest BCUT2D eigenvalue weighted by atomic mass is 16.4. The molecule has 0 saturated heterocycles. The average Bonchev–Trinajstić information content (AvgIpc) is 2.26. The molecule has 0 radical (unpaired) electrons. The van der Waals surface area contributed by atoms with Crippen LogP contribution in [0, 0.1) is 5.41 Å². The standard InChI is InChI=1S/C11H18N2O4/c1-11(2,10(17)13-4)6-7(9(15)16)5-8(14)12-3/h5H,6H2,1-4H3,(H,12,14)(H,13,17)(H,15,16)/b7-5-. The van der Waals surface area contributed by atoms with Crippen LogP contribution in [0.2, 0.25) is 0 Å². The van der Waals surface area contributed by atoms with Gasteiger partial charge in [0, 0.05) is 31.2 Å². The number of likely N-dealkylation sites (N-methyl/N-ethyl adjacent to an activating group) is 1. The Labute approximate surface area is 100 Å². The van der Waals surface area contributed by atoms with Gasteiger partial charge in [0.25, 0.3) is 0 Å². The smallest absolute Gasteiger partial charge is 0.331 e. The molecule has 0 heterocycles. The van der Waals surface area contributed by atoms with Crippen LogP contribution in [0.1, 0.15) is 20.3 Å². The van der Waals surface area contributed by atoms with Gasteiger partial charge in [-0.05, 0) is 6.42 Å². The molecule has 96 valence electrons. The third-order valence-electron chi connectivity index (χ3n) is 2.30. The first-order valence-corrected chi connectivity index (χ1v) is 5.12. The van der Waals surface area contributed by atoms with E-state index in [0.717, 1.165) is 6.08 Å². The van der Waals surface area contributed by atoms with E-state index in [4.69, 9.17) is 5.11 Å². The summed E-state index contributed by atoms with van der Waals surface area (Å²) in [6.07, 6.45) is 0.975. The Bertz CT molecular complexity index is 358. The van der Waals surface area contributed by atoms with Crippen LogP contribution in [0.15, 0.2) is 11.6 Å². The van der Waals surface area contributed by atoms with Gasteiger partial charge in [0.2, 0.25) is 11.8 Å². The van der Waals surface area contributed by atoms with E-state index >= 15 is 0 Å². The largest absolute Gasteiger partial charge is 0.478 e. The van der Waals surface area contributed by atoms with E-state index in [9.17, 15) is 14.4 Å². The lowest BCUT2D eigenvalue weighted by molar-refractivity contribution is -0.134. The molecule has 0 aliphatic rings. The molecule has 6 nitrogen and oxygen atoms in total. The summed E-state index contributed by atoms with van der Waals surface area (Å²) in [5, 5.41) is 13.7. The van der Waals surface area contributed by atoms with Crippen LogP contribution in [0.25, 0.3) is 0 Å². The fourth-order valence-corrected chi connectivity index (χ4v) is 1.31. The minimum Gasteiger partial charge on any atom is -0.478 e. The maximum atomic E-state index is 11.5. The molecule has 0 aromatic carbocycles. The van der Waals surface area contributed by atoms with Crippen molar-refractivity contribution in [2.45, 2.75) is 20.3 Å². The Morgan fingerprint density at radius 2 is 1.71 bits per heavy atom. The van der Waals surface area contributed by atoms with Gasteiger partial charge >= 0.3 is 5.97 Å². The number of hydrogen-bond donors (Lipinski definition) is 3. The number of nitrogens with one attached hydrogen (secondary N) is 2. The van der Waals surface area contributed by atoms with Crippen LogP contribution >= 0.6 is 0 Å². The first-order valence-electron chi connectivity index (χ1n) is 5.12. The normalized spacial score (nSPS) is 11.9. The molecule has 3 N–H and O–H groups in total. The highest BCUT2D eigenvalue weighted by Gasteiger charge is 2.30. The highest BCUT2D eigenvalue weighted by molar-refractivity contribution is 5.98. The molecule has 0 aliphatic carbocycles. The second kappa shape index (κ2) is 6.03. The predicted molar refractivity (Wildman–Crippen MR) is 62.3 cm³/mol. The van der Waals surface area contributed by atoms with Crippen molar-refractivity contribution >= 4 is 17.8 Å². The number of rotatable bonds is 5. The first kappa shape index (κ1) is 15.2. The highest BCUT2D eigenvalue weighted by Crippen LogP contribution is 2.25. The zero-order chi connectivity index (χ0) is 13.6. The van der Waals surface area contributed by atoms with E-state index < -0.39 is 17.3 Å². The summed E-state index contributed by atoms with van der Waals surface area (Å²) in [5.41, 5.74) is -0.981. The van der Waals surface area contributed by atoms with Gasteiger partial charge in [-0.1, -0.05) is 13.8 Å². The summed E-state index contributed by atoms with van der Waals surface area (Å²) in [5.74, 6) is -1.98. The van der Waals surface area contributed by atoms with Gasteiger partial charge < -0.3 is 15.7 Å². The molecule has 0 aliphatic heterocycles.